The van der Waals surface area contributed by atoms with E-state index in [2.05, 4.69) is 5.32 Å². The monoisotopic (exact) mass is 358 g/mol. The van der Waals surface area contributed by atoms with E-state index < -0.39 is 21.7 Å². The van der Waals surface area contributed by atoms with E-state index in [-0.39, 0.29) is 29.6 Å². The Labute approximate surface area is 142 Å². The van der Waals surface area contributed by atoms with Crippen molar-refractivity contribution in [2.24, 2.45) is 0 Å². The molecule has 1 fully saturated rings. The van der Waals surface area contributed by atoms with E-state index in [9.17, 15) is 17.6 Å². The third kappa shape index (κ3) is 4.12. The normalized spacial score (nSPS) is 16.3. The minimum Gasteiger partial charge on any atom is -0.379 e. The summed E-state index contributed by atoms with van der Waals surface area (Å²) >= 11 is 0. The summed E-state index contributed by atoms with van der Waals surface area (Å²) in [7, 11) is -3.77. The molecule has 8 heteroatoms. The van der Waals surface area contributed by atoms with Crippen LogP contribution in [0.25, 0.3) is 0 Å². The maximum absolute atomic E-state index is 14.0. The summed E-state index contributed by atoms with van der Waals surface area (Å²) in [5, 5.41) is 2.72. The van der Waals surface area contributed by atoms with Gasteiger partial charge in [-0.3, -0.25) is 4.79 Å². The molecule has 1 aliphatic heterocycles. The standard InChI is InChI=1S/C16H23FN2O4S/c1-3-12(4-2)18-16(20)14-11-13(5-6-15(14)17)24(21,22)19-7-9-23-10-8-19/h5-6,11-12H,3-4,7-10H2,1-2H3,(H,18,20). The minimum atomic E-state index is -3.77. The van der Waals surface area contributed by atoms with Crippen LogP contribution in [0.15, 0.2) is 23.1 Å². The van der Waals surface area contributed by atoms with Gasteiger partial charge in [-0.15, -0.1) is 0 Å². The Bertz CT molecular complexity index is 683. The van der Waals surface area contributed by atoms with E-state index in [1.807, 2.05) is 13.8 Å². The summed E-state index contributed by atoms with van der Waals surface area (Å²) in [4.78, 5) is 12.2. The Hall–Kier alpha value is -1.51. The first kappa shape index (κ1) is 18.8. The molecule has 1 aromatic rings. The van der Waals surface area contributed by atoms with Gasteiger partial charge < -0.3 is 10.1 Å². The molecule has 2 rings (SSSR count). The molecule has 0 radical (unpaired) electrons. The number of rotatable bonds is 6. The molecule has 1 heterocycles. The average Bonchev–Trinajstić information content (AvgIpc) is 2.60. The van der Waals surface area contributed by atoms with Crippen LogP contribution in [-0.2, 0) is 14.8 Å². The Morgan fingerprint density at radius 2 is 1.92 bits per heavy atom. The van der Waals surface area contributed by atoms with Crippen molar-refractivity contribution >= 4 is 15.9 Å². The largest absolute Gasteiger partial charge is 0.379 e. The van der Waals surface area contributed by atoms with Crippen LogP contribution in [0.1, 0.15) is 37.0 Å². The van der Waals surface area contributed by atoms with Crippen molar-refractivity contribution in [1.29, 1.82) is 0 Å². The molecule has 1 N–H and O–H groups in total. The maximum Gasteiger partial charge on any atom is 0.254 e. The van der Waals surface area contributed by atoms with Gasteiger partial charge in [0.05, 0.1) is 23.7 Å². The van der Waals surface area contributed by atoms with Gasteiger partial charge in [0.2, 0.25) is 10.0 Å². The number of sulfonamides is 1. The zero-order chi connectivity index (χ0) is 17.7. The van der Waals surface area contributed by atoms with E-state index in [1.165, 1.54) is 10.4 Å². The van der Waals surface area contributed by atoms with Gasteiger partial charge in [-0.2, -0.15) is 4.31 Å². The lowest BCUT2D eigenvalue weighted by Gasteiger charge is -2.26. The second-order valence-corrected chi connectivity index (χ2v) is 7.58. The highest BCUT2D eigenvalue weighted by atomic mass is 32.2. The van der Waals surface area contributed by atoms with E-state index in [0.717, 1.165) is 25.0 Å². The summed E-state index contributed by atoms with van der Waals surface area (Å²) < 4.78 is 45.7. The zero-order valence-corrected chi connectivity index (χ0v) is 14.7. The second-order valence-electron chi connectivity index (χ2n) is 5.64. The molecule has 0 spiro atoms. The molecular formula is C16H23FN2O4S. The predicted octanol–water partition coefficient (Wildman–Crippen LogP) is 1.76. The lowest BCUT2D eigenvalue weighted by molar-refractivity contribution is 0.0730. The lowest BCUT2D eigenvalue weighted by Crippen LogP contribution is -2.40. The molecule has 0 saturated carbocycles. The maximum atomic E-state index is 14.0. The van der Waals surface area contributed by atoms with Crippen LogP contribution in [0.3, 0.4) is 0 Å². The molecular weight excluding hydrogens is 335 g/mol. The van der Waals surface area contributed by atoms with Crippen molar-refractivity contribution in [2.45, 2.75) is 37.6 Å². The van der Waals surface area contributed by atoms with Gasteiger partial charge in [0.1, 0.15) is 5.82 Å². The fourth-order valence-electron chi connectivity index (χ4n) is 2.53. The number of ether oxygens (including phenoxy) is 1. The Kier molecular flexibility index (Phi) is 6.31. The number of carbonyl (C=O) groups is 1. The van der Waals surface area contributed by atoms with E-state index >= 15 is 0 Å². The molecule has 0 aliphatic carbocycles. The summed E-state index contributed by atoms with van der Waals surface area (Å²) in [6.07, 6.45) is 1.44. The third-order valence-corrected chi connectivity index (χ3v) is 6.01. The molecule has 24 heavy (non-hydrogen) atoms. The Balaban J connectivity index is 2.29. The molecule has 1 aromatic carbocycles. The summed E-state index contributed by atoms with van der Waals surface area (Å²) in [6, 6.07) is 3.25. The number of morpholine rings is 1. The Morgan fingerprint density at radius 3 is 2.50 bits per heavy atom. The van der Waals surface area contributed by atoms with E-state index in [0.29, 0.717) is 13.2 Å². The fourth-order valence-corrected chi connectivity index (χ4v) is 3.97. The first-order valence-corrected chi connectivity index (χ1v) is 9.52. The molecule has 1 aliphatic rings. The highest BCUT2D eigenvalue weighted by molar-refractivity contribution is 7.89. The molecule has 1 amide bonds. The van der Waals surface area contributed by atoms with Crippen molar-refractivity contribution in [1.82, 2.24) is 9.62 Å². The number of hydrogen-bond donors (Lipinski definition) is 1. The number of nitrogens with one attached hydrogen (secondary N) is 1. The summed E-state index contributed by atoms with van der Waals surface area (Å²) in [5.41, 5.74) is -0.253. The number of halogens is 1. The molecule has 1 saturated heterocycles. The van der Waals surface area contributed by atoms with Crippen LogP contribution in [0, 0.1) is 5.82 Å². The SMILES string of the molecule is CCC(CC)NC(=O)c1cc(S(=O)(=O)N2CCOCC2)ccc1F. The van der Waals surface area contributed by atoms with Crippen LogP contribution in [0.2, 0.25) is 0 Å². The first-order valence-electron chi connectivity index (χ1n) is 8.08. The number of benzene rings is 1. The van der Waals surface area contributed by atoms with Crippen molar-refractivity contribution in [3.05, 3.63) is 29.6 Å². The number of nitrogens with zero attached hydrogens (tertiary/aromatic N) is 1. The quantitative estimate of drug-likeness (QED) is 0.841. The van der Waals surface area contributed by atoms with Gasteiger partial charge in [-0.25, -0.2) is 12.8 Å². The first-order chi connectivity index (χ1) is 11.4. The zero-order valence-electron chi connectivity index (χ0n) is 13.9. The van der Waals surface area contributed by atoms with E-state index in [1.54, 1.807) is 0 Å². The second kappa shape index (κ2) is 8.04. The van der Waals surface area contributed by atoms with Crippen LogP contribution >= 0.6 is 0 Å². The van der Waals surface area contributed by atoms with E-state index in [4.69, 9.17) is 4.74 Å². The van der Waals surface area contributed by atoms with Gasteiger partial charge in [-0.1, -0.05) is 13.8 Å². The third-order valence-electron chi connectivity index (χ3n) is 4.11. The predicted molar refractivity (Wildman–Crippen MR) is 87.8 cm³/mol. The van der Waals surface area contributed by atoms with Gasteiger partial charge in [0.15, 0.2) is 0 Å². The molecule has 6 nitrogen and oxygen atoms in total. The van der Waals surface area contributed by atoms with Crippen molar-refractivity contribution in [3.63, 3.8) is 0 Å². The van der Waals surface area contributed by atoms with Crippen LogP contribution in [0.5, 0.6) is 0 Å². The average molecular weight is 358 g/mol. The minimum absolute atomic E-state index is 0.0728. The lowest BCUT2D eigenvalue weighted by atomic mass is 10.1. The molecule has 0 atom stereocenters. The summed E-state index contributed by atoms with van der Waals surface area (Å²) in [5.74, 6) is -1.33. The molecule has 0 bridgehead atoms. The van der Waals surface area contributed by atoms with Crippen LogP contribution in [0.4, 0.5) is 4.39 Å². The van der Waals surface area contributed by atoms with Crippen LogP contribution < -0.4 is 5.32 Å². The number of carbonyl (C=O) groups excluding carboxylic acids is 1. The highest BCUT2D eigenvalue weighted by Crippen LogP contribution is 2.20. The number of amides is 1. The van der Waals surface area contributed by atoms with Crippen molar-refractivity contribution in [3.8, 4) is 0 Å². The number of hydrogen-bond acceptors (Lipinski definition) is 4. The molecule has 134 valence electrons. The van der Waals surface area contributed by atoms with Gasteiger partial charge in [0, 0.05) is 19.1 Å². The molecule has 0 unspecified atom stereocenters. The van der Waals surface area contributed by atoms with Crippen LogP contribution in [-0.4, -0.2) is 51.0 Å². The van der Waals surface area contributed by atoms with Gasteiger partial charge >= 0.3 is 0 Å². The van der Waals surface area contributed by atoms with Gasteiger partial charge in [-0.05, 0) is 31.0 Å². The van der Waals surface area contributed by atoms with Crippen molar-refractivity contribution < 1.29 is 22.3 Å². The smallest absolute Gasteiger partial charge is 0.254 e. The fraction of sp³-hybridized carbons (Fsp3) is 0.562. The van der Waals surface area contributed by atoms with Gasteiger partial charge in [0.25, 0.3) is 5.91 Å². The van der Waals surface area contributed by atoms with Crippen molar-refractivity contribution in [2.75, 3.05) is 26.3 Å². The topological polar surface area (TPSA) is 75.7 Å². The molecule has 0 aromatic heterocycles. The summed E-state index contributed by atoms with van der Waals surface area (Å²) in [6.45, 7) is 4.98. The highest BCUT2D eigenvalue weighted by Gasteiger charge is 2.28. The Morgan fingerprint density at radius 1 is 1.29 bits per heavy atom.